The first-order valence-corrected chi connectivity index (χ1v) is 8.32. The number of nitrogens with zero attached hydrogens (tertiary/aromatic N) is 3. The van der Waals surface area contributed by atoms with E-state index >= 15 is 0 Å². The maximum Gasteiger partial charge on any atom is 0.0489 e. The maximum absolute atomic E-state index is 5.99. The molecule has 0 saturated carbocycles. The van der Waals surface area contributed by atoms with Gasteiger partial charge in [0, 0.05) is 62.4 Å². The number of fused-ring (bicyclic) bond motifs is 1. The standard InChI is InChI=1S/C18H28N4/c1-14(2)22-13-16(12-21-9-7-20(3)8-10-21)18-15(11-19)5-4-6-17(18)22/h4-6,13-14H,7-12,19H2,1-3H3. The summed E-state index contributed by atoms with van der Waals surface area (Å²) in [5.41, 5.74) is 10.0. The lowest BCUT2D eigenvalue weighted by molar-refractivity contribution is 0.148. The molecular formula is C18H28N4. The fourth-order valence-electron chi connectivity index (χ4n) is 3.44. The number of rotatable bonds is 4. The minimum absolute atomic E-state index is 0.469. The number of nitrogens with two attached hydrogens (primary N) is 1. The summed E-state index contributed by atoms with van der Waals surface area (Å²) in [6.07, 6.45) is 2.34. The largest absolute Gasteiger partial charge is 0.345 e. The summed E-state index contributed by atoms with van der Waals surface area (Å²) >= 11 is 0. The highest BCUT2D eigenvalue weighted by molar-refractivity contribution is 5.87. The molecule has 1 aromatic heterocycles. The minimum atomic E-state index is 0.469. The van der Waals surface area contributed by atoms with Gasteiger partial charge in [0.15, 0.2) is 0 Å². The van der Waals surface area contributed by atoms with Crippen LogP contribution in [0.3, 0.4) is 0 Å². The molecule has 0 aliphatic carbocycles. The smallest absolute Gasteiger partial charge is 0.0489 e. The Balaban J connectivity index is 1.97. The summed E-state index contributed by atoms with van der Waals surface area (Å²) in [6, 6.07) is 6.99. The molecule has 0 unspecified atom stereocenters. The summed E-state index contributed by atoms with van der Waals surface area (Å²) in [4.78, 5) is 4.96. The average Bonchev–Trinajstić information content (AvgIpc) is 2.88. The zero-order chi connectivity index (χ0) is 15.7. The monoisotopic (exact) mass is 300 g/mol. The molecule has 2 heterocycles. The summed E-state index contributed by atoms with van der Waals surface area (Å²) in [5.74, 6) is 0. The molecule has 1 saturated heterocycles. The molecule has 0 radical (unpaired) electrons. The number of likely N-dealkylation sites (N-methyl/N-ethyl adjacent to an activating group) is 1. The van der Waals surface area contributed by atoms with Gasteiger partial charge in [-0.05, 0) is 38.1 Å². The minimum Gasteiger partial charge on any atom is -0.345 e. The lowest BCUT2D eigenvalue weighted by atomic mass is 10.1. The van der Waals surface area contributed by atoms with Gasteiger partial charge in [-0.1, -0.05) is 12.1 Å². The van der Waals surface area contributed by atoms with E-state index in [9.17, 15) is 0 Å². The lowest BCUT2D eigenvalue weighted by Crippen LogP contribution is -2.43. The molecule has 22 heavy (non-hydrogen) atoms. The van der Waals surface area contributed by atoms with E-state index in [2.05, 4.69) is 59.7 Å². The molecule has 2 N–H and O–H groups in total. The van der Waals surface area contributed by atoms with Crippen LogP contribution < -0.4 is 5.73 Å². The van der Waals surface area contributed by atoms with Crippen LogP contribution in [-0.4, -0.2) is 47.6 Å². The van der Waals surface area contributed by atoms with Gasteiger partial charge in [-0.15, -0.1) is 0 Å². The third-order valence-corrected chi connectivity index (χ3v) is 4.79. The highest BCUT2D eigenvalue weighted by atomic mass is 15.2. The Kier molecular flexibility index (Phi) is 4.52. The summed E-state index contributed by atoms with van der Waals surface area (Å²) in [6.45, 7) is 10.7. The van der Waals surface area contributed by atoms with Crippen molar-refractivity contribution in [2.45, 2.75) is 33.0 Å². The third-order valence-electron chi connectivity index (χ3n) is 4.79. The van der Waals surface area contributed by atoms with E-state index in [0.29, 0.717) is 12.6 Å². The van der Waals surface area contributed by atoms with Gasteiger partial charge in [0.05, 0.1) is 0 Å². The number of hydrogen-bond donors (Lipinski definition) is 1. The van der Waals surface area contributed by atoms with Crippen LogP contribution in [0.25, 0.3) is 10.9 Å². The lowest BCUT2D eigenvalue weighted by Gasteiger charge is -2.32. The highest BCUT2D eigenvalue weighted by Gasteiger charge is 2.18. The molecular weight excluding hydrogens is 272 g/mol. The summed E-state index contributed by atoms with van der Waals surface area (Å²) < 4.78 is 2.39. The van der Waals surface area contributed by atoms with Crippen molar-refractivity contribution in [3.05, 3.63) is 35.5 Å². The molecule has 1 aromatic carbocycles. The van der Waals surface area contributed by atoms with Gasteiger partial charge in [0.2, 0.25) is 0 Å². The normalized spacial score (nSPS) is 17.7. The van der Waals surface area contributed by atoms with Crippen LogP contribution in [-0.2, 0) is 13.1 Å². The molecule has 2 aromatic rings. The molecule has 1 aliphatic rings. The van der Waals surface area contributed by atoms with Crippen LogP contribution in [0, 0.1) is 0 Å². The Labute approximate surface area is 133 Å². The van der Waals surface area contributed by atoms with Gasteiger partial charge in [-0.25, -0.2) is 0 Å². The second kappa shape index (κ2) is 6.41. The molecule has 4 nitrogen and oxygen atoms in total. The Bertz CT molecular complexity index is 636. The average molecular weight is 300 g/mol. The first kappa shape index (κ1) is 15.5. The van der Waals surface area contributed by atoms with E-state index in [1.54, 1.807) is 0 Å². The van der Waals surface area contributed by atoms with Gasteiger partial charge in [0.1, 0.15) is 0 Å². The molecule has 3 rings (SSSR count). The van der Waals surface area contributed by atoms with Crippen molar-refractivity contribution >= 4 is 10.9 Å². The van der Waals surface area contributed by atoms with Crippen LogP contribution in [0.15, 0.2) is 24.4 Å². The SMILES string of the molecule is CC(C)n1cc(CN2CCN(C)CC2)c2c(CN)cccc21. The van der Waals surface area contributed by atoms with Crippen molar-refractivity contribution in [1.29, 1.82) is 0 Å². The van der Waals surface area contributed by atoms with E-state index in [0.717, 1.165) is 32.7 Å². The first-order valence-electron chi connectivity index (χ1n) is 8.32. The molecule has 120 valence electrons. The molecule has 4 heteroatoms. The predicted molar refractivity (Wildman–Crippen MR) is 93.0 cm³/mol. The zero-order valence-corrected chi connectivity index (χ0v) is 14.0. The topological polar surface area (TPSA) is 37.4 Å². The van der Waals surface area contributed by atoms with Crippen molar-refractivity contribution in [3.63, 3.8) is 0 Å². The van der Waals surface area contributed by atoms with E-state index in [4.69, 9.17) is 5.73 Å². The predicted octanol–water partition coefficient (Wildman–Crippen LogP) is 2.43. The van der Waals surface area contributed by atoms with Crippen LogP contribution in [0.5, 0.6) is 0 Å². The fraction of sp³-hybridized carbons (Fsp3) is 0.556. The van der Waals surface area contributed by atoms with Crippen molar-refractivity contribution in [2.24, 2.45) is 5.73 Å². The highest BCUT2D eigenvalue weighted by Crippen LogP contribution is 2.29. The summed E-state index contributed by atoms with van der Waals surface area (Å²) in [5, 5.41) is 1.37. The molecule has 0 bridgehead atoms. The van der Waals surface area contributed by atoms with Crippen LogP contribution in [0.2, 0.25) is 0 Å². The number of piperazine rings is 1. The van der Waals surface area contributed by atoms with Crippen molar-refractivity contribution < 1.29 is 0 Å². The molecule has 0 atom stereocenters. The summed E-state index contributed by atoms with van der Waals surface area (Å²) in [7, 11) is 2.20. The molecule has 1 fully saturated rings. The Morgan fingerprint density at radius 2 is 1.82 bits per heavy atom. The van der Waals surface area contributed by atoms with Crippen molar-refractivity contribution in [1.82, 2.24) is 14.4 Å². The Morgan fingerprint density at radius 1 is 1.09 bits per heavy atom. The number of benzene rings is 1. The third kappa shape index (κ3) is 2.91. The van der Waals surface area contributed by atoms with E-state index < -0.39 is 0 Å². The van der Waals surface area contributed by atoms with Crippen LogP contribution >= 0.6 is 0 Å². The van der Waals surface area contributed by atoms with Gasteiger partial charge in [-0.3, -0.25) is 4.90 Å². The fourth-order valence-corrected chi connectivity index (χ4v) is 3.44. The quantitative estimate of drug-likeness (QED) is 0.942. The van der Waals surface area contributed by atoms with Crippen molar-refractivity contribution in [2.75, 3.05) is 33.2 Å². The molecule has 0 spiro atoms. The van der Waals surface area contributed by atoms with Crippen molar-refractivity contribution in [3.8, 4) is 0 Å². The molecule has 1 aliphatic heterocycles. The first-order chi connectivity index (χ1) is 10.6. The van der Waals surface area contributed by atoms with E-state index in [1.807, 2.05) is 0 Å². The number of hydrogen-bond acceptors (Lipinski definition) is 3. The van der Waals surface area contributed by atoms with E-state index in [-0.39, 0.29) is 0 Å². The van der Waals surface area contributed by atoms with Gasteiger partial charge in [-0.2, -0.15) is 0 Å². The van der Waals surface area contributed by atoms with Crippen LogP contribution in [0.4, 0.5) is 0 Å². The van der Waals surface area contributed by atoms with E-state index in [1.165, 1.54) is 22.0 Å². The maximum atomic E-state index is 5.99. The zero-order valence-electron chi connectivity index (χ0n) is 14.0. The van der Waals surface area contributed by atoms with Gasteiger partial charge in [0.25, 0.3) is 0 Å². The van der Waals surface area contributed by atoms with Gasteiger partial charge >= 0.3 is 0 Å². The second-order valence-corrected chi connectivity index (χ2v) is 6.75. The van der Waals surface area contributed by atoms with Crippen LogP contribution in [0.1, 0.15) is 31.0 Å². The Hall–Kier alpha value is -1.36. The second-order valence-electron chi connectivity index (χ2n) is 6.75. The Morgan fingerprint density at radius 3 is 2.45 bits per heavy atom. The number of aromatic nitrogens is 1. The van der Waals surface area contributed by atoms with Gasteiger partial charge < -0.3 is 15.2 Å². The molecule has 0 amide bonds.